The van der Waals surface area contributed by atoms with Gasteiger partial charge in [-0.15, -0.1) is 0 Å². The van der Waals surface area contributed by atoms with Crippen LogP contribution in [0.4, 0.5) is 0 Å². The van der Waals surface area contributed by atoms with Gasteiger partial charge >= 0.3 is 0 Å². The van der Waals surface area contributed by atoms with Crippen molar-refractivity contribution in [1.29, 1.82) is 0 Å². The molecule has 1 N–H and O–H groups in total. The number of likely N-dealkylation sites (tertiary alicyclic amines) is 1. The van der Waals surface area contributed by atoms with Gasteiger partial charge in [0.1, 0.15) is 0 Å². The maximum Gasteiger partial charge on any atom is 0.0777 e. The quantitative estimate of drug-likeness (QED) is 0.782. The highest BCUT2D eigenvalue weighted by Crippen LogP contribution is 2.25. The summed E-state index contributed by atoms with van der Waals surface area (Å²) < 4.78 is 5.67. The second kappa shape index (κ2) is 7.92. The number of nitrogens with one attached hydrogen (secondary N) is 1. The highest BCUT2D eigenvalue weighted by atomic mass is 16.5. The first-order valence-electron chi connectivity index (χ1n) is 8.21. The predicted molar refractivity (Wildman–Crippen MR) is 88.6 cm³/mol. The van der Waals surface area contributed by atoms with Gasteiger partial charge in [-0.25, -0.2) is 0 Å². The smallest absolute Gasteiger partial charge is 0.0777 e. The van der Waals surface area contributed by atoms with Crippen molar-refractivity contribution in [2.45, 2.75) is 45.3 Å². The minimum atomic E-state index is 0.0318. The van der Waals surface area contributed by atoms with E-state index in [0.29, 0.717) is 0 Å². The van der Waals surface area contributed by atoms with Crippen molar-refractivity contribution >= 4 is 0 Å². The first kappa shape index (κ1) is 16.5. The Morgan fingerprint density at radius 3 is 2.62 bits per heavy atom. The number of nitrogens with zero attached hydrogens (tertiary/aromatic N) is 1. The lowest BCUT2D eigenvalue weighted by Crippen LogP contribution is -2.46. The van der Waals surface area contributed by atoms with Gasteiger partial charge in [0, 0.05) is 20.2 Å². The molecule has 1 aliphatic heterocycles. The second-order valence-corrected chi connectivity index (χ2v) is 6.39. The molecule has 1 aromatic rings. The van der Waals surface area contributed by atoms with Crippen molar-refractivity contribution < 1.29 is 4.74 Å². The van der Waals surface area contributed by atoms with Gasteiger partial charge < -0.3 is 10.1 Å². The second-order valence-electron chi connectivity index (χ2n) is 6.39. The van der Waals surface area contributed by atoms with E-state index in [1.165, 1.54) is 30.5 Å². The van der Waals surface area contributed by atoms with Crippen molar-refractivity contribution in [3.8, 4) is 0 Å². The van der Waals surface area contributed by atoms with Gasteiger partial charge in [-0.05, 0) is 56.9 Å². The molecule has 1 atom stereocenters. The van der Waals surface area contributed by atoms with Crippen LogP contribution in [-0.4, -0.2) is 43.8 Å². The number of benzene rings is 1. The lowest BCUT2D eigenvalue weighted by atomic mass is 9.94. The Hall–Kier alpha value is -0.900. The highest BCUT2D eigenvalue weighted by molar-refractivity contribution is 5.23. The summed E-state index contributed by atoms with van der Waals surface area (Å²) >= 11 is 0. The van der Waals surface area contributed by atoms with E-state index in [1.807, 2.05) is 7.11 Å². The van der Waals surface area contributed by atoms with Crippen LogP contribution in [0.15, 0.2) is 24.3 Å². The van der Waals surface area contributed by atoms with E-state index in [1.54, 1.807) is 0 Å². The van der Waals surface area contributed by atoms with Crippen molar-refractivity contribution in [1.82, 2.24) is 10.2 Å². The largest absolute Gasteiger partial charge is 0.377 e. The molecule has 0 aromatic heterocycles. The van der Waals surface area contributed by atoms with Crippen LogP contribution in [0.3, 0.4) is 0 Å². The molecule has 1 aromatic carbocycles. The van der Waals surface area contributed by atoms with Crippen LogP contribution in [0.2, 0.25) is 0 Å². The Morgan fingerprint density at radius 1 is 1.24 bits per heavy atom. The summed E-state index contributed by atoms with van der Waals surface area (Å²) in [5.74, 6) is 0. The SMILES string of the molecule is CCNCCc1ccc(CN2CCCC(C)(OC)C2)cc1. The third-order valence-corrected chi connectivity index (χ3v) is 4.50. The zero-order valence-corrected chi connectivity index (χ0v) is 13.8. The fraction of sp³-hybridized carbons (Fsp3) is 0.667. The van der Waals surface area contributed by atoms with Gasteiger partial charge in [0.2, 0.25) is 0 Å². The molecule has 1 heterocycles. The number of rotatable bonds is 7. The summed E-state index contributed by atoms with van der Waals surface area (Å²) in [5, 5.41) is 3.37. The zero-order valence-electron chi connectivity index (χ0n) is 13.8. The molecule has 1 aliphatic rings. The van der Waals surface area contributed by atoms with Gasteiger partial charge in [-0.1, -0.05) is 31.2 Å². The zero-order chi connectivity index (χ0) is 15.1. The number of hydrogen-bond acceptors (Lipinski definition) is 3. The van der Waals surface area contributed by atoms with E-state index < -0.39 is 0 Å². The molecule has 0 aliphatic carbocycles. The minimum Gasteiger partial charge on any atom is -0.377 e. The molecule has 0 spiro atoms. The third kappa shape index (κ3) is 5.10. The van der Waals surface area contributed by atoms with Crippen molar-refractivity contribution in [3.05, 3.63) is 35.4 Å². The van der Waals surface area contributed by atoms with Gasteiger partial charge in [0.25, 0.3) is 0 Å². The Balaban J connectivity index is 1.85. The Bertz CT molecular complexity index is 418. The average molecular weight is 290 g/mol. The molecule has 118 valence electrons. The fourth-order valence-electron chi connectivity index (χ4n) is 3.09. The van der Waals surface area contributed by atoms with Gasteiger partial charge in [0.15, 0.2) is 0 Å². The monoisotopic (exact) mass is 290 g/mol. The molecule has 21 heavy (non-hydrogen) atoms. The topological polar surface area (TPSA) is 24.5 Å². The van der Waals surface area contributed by atoms with Crippen molar-refractivity contribution in [3.63, 3.8) is 0 Å². The summed E-state index contributed by atoms with van der Waals surface area (Å²) in [6, 6.07) is 9.10. The lowest BCUT2D eigenvalue weighted by molar-refractivity contribution is -0.0527. The maximum atomic E-state index is 5.67. The van der Waals surface area contributed by atoms with E-state index in [-0.39, 0.29) is 5.60 Å². The van der Waals surface area contributed by atoms with Crippen LogP contribution >= 0.6 is 0 Å². The minimum absolute atomic E-state index is 0.0318. The first-order chi connectivity index (χ1) is 10.1. The van der Waals surface area contributed by atoms with Crippen molar-refractivity contribution in [2.75, 3.05) is 33.3 Å². The molecule has 3 nitrogen and oxygen atoms in total. The molecular weight excluding hydrogens is 260 g/mol. The highest BCUT2D eigenvalue weighted by Gasteiger charge is 2.30. The summed E-state index contributed by atoms with van der Waals surface area (Å²) in [5.41, 5.74) is 2.85. The van der Waals surface area contributed by atoms with Gasteiger partial charge in [-0.3, -0.25) is 4.90 Å². The maximum absolute atomic E-state index is 5.67. The van der Waals surface area contributed by atoms with Crippen LogP contribution < -0.4 is 5.32 Å². The van der Waals surface area contributed by atoms with Crippen LogP contribution in [0, 0.1) is 0 Å². The number of likely N-dealkylation sites (N-methyl/N-ethyl adjacent to an activating group) is 1. The van der Waals surface area contributed by atoms with E-state index in [4.69, 9.17) is 4.74 Å². The van der Waals surface area contributed by atoms with E-state index in [0.717, 1.165) is 32.6 Å². The molecule has 1 unspecified atom stereocenters. The summed E-state index contributed by atoms with van der Waals surface area (Å²) in [6.07, 6.45) is 3.51. The molecular formula is C18H30N2O. The standard InChI is InChI=1S/C18H30N2O/c1-4-19-12-10-16-6-8-17(9-7-16)14-20-13-5-11-18(2,15-20)21-3/h6-9,19H,4-5,10-15H2,1-3H3. The average Bonchev–Trinajstić information content (AvgIpc) is 2.49. The number of ether oxygens (including phenoxy) is 1. The van der Waals surface area contributed by atoms with E-state index in [2.05, 4.69) is 48.3 Å². The molecule has 2 rings (SSSR count). The number of piperidine rings is 1. The molecule has 0 saturated carbocycles. The lowest BCUT2D eigenvalue weighted by Gasteiger charge is -2.39. The molecule has 1 saturated heterocycles. The van der Waals surface area contributed by atoms with Crippen LogP contribution in [0.25, 0.3) is 0 Å². The van der Waals surface area contributed by atoms with Gasteiger partial charge in [-0.2, -0.15) is 0 Å². The molecule has 3 heteroatoms. The first-order valence-corrected chi connectivity index (χ1v) is 8.21. The molecule has 0 bridgehead atoms. The van der Waals surface area contributed by atoms with E-state index in [9.17, 15) is 0 Å². The summed E-state index contributed by atoms with van der Waals surface area (Å²) in [7, 11) is 1.84. The van der Waals surface area contributed by atoms with Crippen LogP contribution in [0.1, 0.15) is 37.8 Å². The summed E-state index contributed by atoms with van der Waals surface area (Å²) in [4.78, 5) is 2.51. The molecule has 0 radical (unpaired) electrons. The third-order valence-electron chi connectivity index (χ3n) is 4.50. The van der Waals surface area contributed by atoms with Crippen LogP contribution in [-0.2, 0) is 17.7 Å². The Labute approximate surface area is 129 Å². The predicted octanol–water partition coefficient (Wildman–Crippen LogP) is 2.84. The normalized spacial score (nSPS) is 23.4. The van der Waals surface area contributed by atoms with Gasteiger partial charge in [0.05, 0.1) is 5.60 Å². The van der Waals surface area contributed by atoms with E-state index >= 15 is 0 Å². The molecule has 0 amide bonds. The van der Waals surface area contributed by atoms with Crippen molar-refractivity contribution in [2.24, 2.45) is 0 Å². The van der Waals surface area contributed by atoms with Crippen LogP contribution in [0.5, 0.6) is 0 Å². The fourth-order valence-corrected chi connectivity index (χ4v) is 3.09. The number of hydrogen-bond donors (Lipinski definition) is 1. The summed E-state index contributed by atoms with van der Waals surface area (Å²) in [6.45, 7) is 9.73. The molecule has 1 fully saturated rings. The number of methoxy groups -OCH3 is 1. The Kier molecular flexibility index (Phi) is 6.22. The Morgan fingerprint density at radius 2 is 1.95 bits per heavy atom.